The van der Waals surface area contributed by atoms with E-state index in [2.05, 4.69) is 10.1 Å². The average Bonchev–Trinajstić information content (AvgIpc) is 3.05. The molecule has 0 fully saturated rings. The van der Waals surface area contributed by atoms with Crippen LogP contribution in [0.3, 0.4) is 0 Å². The highest BCUT2D eigenvalue weighted by molar-refractivity contribution is 5.79. The van der Waals surface area contributed by atoms with E-state index in [4.69, 9.17) is 0 Å². The molecule has 2 aromatic heterocycles. The minimum absolute atomic E-state index is 0.0908. The van der Waals surface area contributed by atoms with E-state index in [1.807, 2.05) is 28.6 Å². The Kier molecular flexibility index (Phi) is 4.24. The number of rotatable bonds is 3. The van der Waals surface area contributed by atoms with Crippen molar-refractivity contribution < 1.29 is 9.18 Å². The molecule has 1 aliphatic rings. The first-order chi connectivity index (χ1) is 12.6. The third-order valence-corrected chi connectivity index (χ3v) is 4.70. The SMILES string of the molecule is Cc1cc(CC(=O)N2CCn3ncc(-c4ccc(F)cc4)c3C2)ccn1. The third-order valence-electron chi connectivity index (χ3n) is 4.70. The molecule has 0 saturated carbocycles. The number of benzene rings is 1. The molecule has 6 heteroatoms. The number of amides is 1. The number of carbonyl (C=O) groups excluding carboxylic acids is 1. The van der Waals surface area contributed by atoms with Crippen molar-refractivity contribution in [3.8, 4) is 11.1 Å². The van der Waals surface area contributed by atoms with Gasteiger partial charge in [-0.15, -0.1) is 0 Å². The van der Waals surface area contributed by atoms with Crippen molar-refractivity contribution in [2.24, 2.45) is 0 Å². The predicted octanol–water partition coefficient (Wildman–Crippen LogP) is 2.98. The summed E-state index contributed by atoms with van der Waals surface area (Å²) in [5, 5.41) is 4.42. The molecule has 0 N–H and O–H groups in total. The molecule has 1 aromatic carbocycles. The van der Waals surface area contributed by atoms with E-state index in [0.717, 1.165) is 28.1 Å². The zero-order chi connectivity index (χ0) is 18.1. The number of nitrogens with zero attached hydrogens (tertiary/aromatic N) is 4. The van der Waals surface area contributed by atoms with Crippen molar-refractivity contribution in [3.05, 3.63) is 71.6 Å². The zero-order valence-corrected chi connectivity index (χ0v) is 14.5. The molecule has 5 nitrogen and oxygen atoms in total. The highest BCUT2D eigenvalue weighted by Crippen LogP contribution is 2.27. The molecular formula is C20H19FN4O. The smallest absolute Gasteiger partial charge is 0.227 e. The van der Waals surface area contributed by atoms with Gasteiger partial charge in [-0.3, -0.25) is 14.5 Å². The molecule has 4 rings (SSSR count). The number of aryl methyl sites for hydroxylation is 1. The van der Waals surface area contributed by atoms with Crippen molar-refractivity contribution >= 4 is 5.91 Å². The fourth-order valence-electron chi connectivity index (χ4n) is 3.33. The minimum Gasteiger partial charge on any atom is -0.335 e. The van der Waals surface area contributed by atoms with Crippen LogP contribution in [0, 0.1) is 12.7 Å². The number of halogens is 1. The van der Waals surface area contributed by atoms with E-state index >= 15 is 0 Å². The summed E-state index contributed by atoms with van der Waals surface area (Å²) in [5.41, 5.74) is 4.72. The van der Waals surface area contributed by atoms with E-state index in [0.29, 0.717) is 26.1 Å². The van der Waals surface area contributed by atoms with Gasteiger partial charge in [0.05, 0.1) is 31.4 Å². The monoisotopic (exact) mass is 350 g/mol. The summed E-state index contributed by atoms with van der Waals surface area (Å²) in [7, 11) is 0. The number of pyridine rings is 1. The van der Waals surface area contributed by atoms with Gasteiger partial charge in [0.15, 0.2) is 0 Å². The van der Waals surface area contributed by atoms with Crippen LogP contribution in [0.4, 0.5) is 4.39 Å². The van der Waals surface area contributed by atoms with Crippen LogP contribution in [0.15, 0.2) is 48.8 Å². The fraction of sp³-hybridized carbons (Fsp3) is 0.250. The van der Waals surface area contributed by atoms with Gasteiger partial charge in [-0.05, 0) is 42.3 Å². The van der Waals surface area contributed by atoms with Crippen molar-refractivity contribution in [1.29, 1.82) is 0 Å². The van der Waals surface area contributed by atoms with Crippen LogP contribution < -0.4 is 0 Å². The summed E-state index contributed by atoms with van der Waals surface area (Å²) in [6.07, 6.45) is 3.89. The fourth-order valence-corrected chi connectivity index (χ4v) is 3.33. The molecule has 0 radical (unpaired) electrons. The van der Waals surface area contributed by atoms with Crippen LogP contribution in [0.25, 0.3) is 11.1 Å². The summed E-state index contributed by atoms with van der Waals surface area (Å²) < 4.78 is 15.1. The van der Waals surface area contributed by atoms with E-state index < -0.39 is 0 Å². The van der Waals surface area contributed by atoms with Gasteiger partial charge in [0.1, 0.15) is 5.82 Å². The molecule has 0 saturated heterocycles. The largest absolute Gasteiger partial charge is 0.335 e. The van der Waals surface area contributed by atoms with E-state index in [9.17, 15) is 9.18 Å². The molecular weight excluding hydrogens is 331 g/mol. The molecule has 0 bridgehead atoms. The summed E-state index contributed by atoms with van der Waals surface area (Å²) in [6.45, 7) is 3.73. The lowest BCUT2D eigenvalue weighted by Crippen LogP contribution is -2.39. The van der Waals surface area contributed by atoms with E-state index in [-0.39, 0.29) is 11.7 Å². The van der Waals surface area contributed by atoms with Gasteiger partial charge >= 0.3 is 0 Å². The van der Waals surface area contributed by atoms with Crippen molar-refractivity contribution in [3.63, 3.8) is 0 Å². The average molecular weight is 350 g/mol. The highest BCUT2D eigenvalue weighted by Gasteiger charge is 2.24. The minimum atomic E-state index is -0.265. The number of carbonyl (C=O) groups is 1. The first-order valence-electron chi connectivity index (χ1n) is 8.60. The van der Waals surface area contributed by atoms with E-state index in [1.165, 1.54) is 12.1 Å². The van der Waals surface area contributed by atoms with Crippen LogP contribution in [-0.4, -0.2) is 32.1 Å². The lowest BCUT2D eigenvalue weighted by molar-refractivity contribution is -0.131. The Morgan fingerprint density at radius 2 is 2.00 bits per heavy atom. The Bertz CT molecular complexity index is 949. The topological polar surface area (TPSA) is 51.0 Å². The Morgan fingerprint density at radius 3 is 2.77 bits per heavy atom. The number of aromatic nitrogens is 3. The second-order valence-electron chi connectivity index (χ2n) is 6.53. The molecule has 0 unspecified atom stereocenters. The van der Waals surface area contributed by atoms with Crippen molar-refractivity contribution in [1.82, 2.24) is 19.7 Å². The maximum atomic E-state index is 13.2. The van der Waals surface area contributed by atoms with Crippen molar-refractivity contribution in [2.75, 3.05) is 6.54 Å². The van der Waals surface area contributed by atoms with Crippen LogP contribution >= 0.6 is 0 Å². The molecule has 1 amide bonds. The second kappa shape index (κ2) is 6.71. The van der Waals surface area contributed by atoms with Gasteiger partial charge in [-0.2, -0.15) is 5.10 Å². The van der Waals surface area contributed by atoms with Crippen LogP contribution in [0.1, 0.15) is 17.0 Å². The molecule has 0 spiro atoms. The summed E-state index contributed by atoms with van der Waals surface area (Å²) in [4.78, 5) is 18.8. The third kappa shape index (κ3) is 3.22. The van der Waals surface area contributed by atoms with Gasteiger partial charge in [0, 0.05) is 24.0 Å². The summed E-state index contributed by atoms with van der Waals surface area (Å²) in [6, 6.07) is 10.2. The predicted molar refractivity (Wildman–Crippen MR) is 95.7 cm³/mol. The van der Waals surface area contributed by atoms with E-state index in [1.54, 1.807) is 24.5 Å². The zero-order valence-electron chi connectivity index (χ0n) is 14.5. The molecule has 1 aliphatic heterocycles. The van der Waals surface area contributed by atoms with Crippen LogP contribution in [-0.2, 0) is 24.3 Å². The van der Waals surface area contributed by atoms with Gasteiger partial charge in [0.25, 0.3) is 0 Å². The van der Waals surface area contributed by atoms with Crippen LogP contribution in [0.2, 0.25) is 0 Å². The van der Waals surface area contributed by atoms with Gasteiger partial charge in [-0.1, -0.05) is 12.1 Å². The lowest BCUT2D eigenvalue weighted by atomic mass is 10.0. The lowest BCUT2D eigenvalue weighted by Gasteiger charge is -2.28. The first-order valence-corrected chi connectivity index (χ1v) is 8.60. The molecule has 3 aromatic rings. The molecule has 0 aliphatic carbocycles. The second-order valence-corrected chi connectivity index (χ2v) is 6.53. The standard InChI is InChI=1S/C20H19FN4O/c1-14-10-15(6-7-22-14)11-20(26)24-8-9-25-19(13-24)18(12-23-25)16-2-4-17(21)5-3-16/h2-7,10,12H,8-9,11,13H2,1H3. The molecule has 0 atom stereocenters. The Labute approximate surface area is 151 Å². The molecule has 3 heterocycles. The number of fused-ring (bicyclic) bond motifs is 1. The van der Waals surface area contributed by atoms with Crippen molar-refractivity contribution in [2.45, 2.75) is 26.4 Å². The van der Waals surface area contributed by atoms with Gasteiger partial charge in [-0.25, -0.2) is 4.39 Å². The first kappa shape index (κ1) is 16.4. The number of hydrogen-bond donors (Lipinski definition) is 0. The normalized spacial score (nSPS) is 13.5. The van der Waals surface area contributed by atoms with Gasteiger partial charge in [0.2, 0.25) is 5.91 Å². The van der Waals surface area contributed by atoms with Gasteiger partial charge < -0.3 is 4.90 Å². The van der Waals surface area contributed by atoms with Crippen LogP contribution in [0.5, 0.6) is 0 Å². The Hall–Kier alpha value is -3.02. The maximum Gasteiger partial charge on any atom is 0.227 e. The molecule has 26 heavy (non-hydrogen) atoms. The number of hydrogen-bond acceptors (Lipinski definition) is 3. The molecule has 132 valence electrons. The highest BCUT2D eigenvalue weighted by atomic mass is 19.1. The quantitative estimate of drug-likeness (QED) is 0.730. The Morgan fingerprint density at radius 1 is 1.19 bits per heavy atom. The maximum absolute atomic E-state index is 13.2. The Balaban J connectivity index is 1.54. The summed E-state index contributed by atoms with van der Waals surface area (Å²) in [5.74, 6) is -0.174. The summed E-state index contributed by atoms with van der Waals surface area (Å²) >= 11 is 0.